The van der Waals surface area contributed by atoms with Gasteiger partial charge in [0.1, 0.15) is 11.6 Å². The minimum absolute atomic E-state index is 0.169. The van der Waals surface area contributed by atoms with Gasteiger partial charge in [0.05, 0.1) is 0 Å². The first-order valence-electron chi connectivity index (χ1n) is 5.58. The first kappa shape index (κ1) is 11.9. The van der Waals surface area contributed by atoms with Crippen LogP contribution in [-0.2, 0) is 0 Å². The molecule has 0 radical (unpaired) electrons. The van der Waals surface area contributed by atoms with Crippen molar-refractivity contribution in [1.82, 2.24) is 10.2 Å². The van der Waals surface area contributed by atoms with Crippen LogP contribution < -0.4 is 10.1 Å². The summed E-state index contributed by atoms with van der Waals surface area (Å²) in [4.78, 5) is 13.3. The third kappa shape index (κ3) is 2.94. The smallest absolute Gasteiger partial charge is 0.410 e. The Balaban J connectivity index is 1.93. The van der Waals surface area contributed by atoms with Crippen LogP contribution in [-0.4, -0.2) is 37.2 Å². The van der Waals surface area contributed by atoms with Crippen LogP contribution in [0.3, 0.4) is 0 Å². The highest BCUT2D eigenvalue weighted by atomic mass is 19.1. The zero-order valence-corrected chi connectivity index (χ0v) is 9.65. The Morgan fingerprint density at radius 2 is 2.18 bits per heavy atom. The lowest BCUT2D eigenvalue weighted by Gasteiger charge is -2.22. The third-order valence-electron chi connectivity index (χ3n) is 2.89. The summed E-state index contributed by atoms with van der Waals surface area (Å²) in [6.07, 6.45) is 0.514. The Kier molecular flexibility index (Phi) is 3.58. The molecule has 0 aliphatic carbocycles. The maximum Gasteiger partial charge on any atom is 0.415 e. The molecule has 0 unspecified atom stereocenters. The fourth-order valence-electron chi connectivity index (χ4n) is 1.79. The van der Waals surface area contributed by atoms with Gasteiger partial charge in [-0.1, -0.05) is 0 Å². The molecule has 4 nitrogen and oxygen atoms in total. The standard InChI is InChI=1S/C12H15FN2O2/c1-15(10-6-7-14-8-10)12(16)17-11-4-2-9(13)3-5-11/h2-5,10,14H,6-8H2,1H3/t10-/m0/s1. The summed E-state index contributed by atoms with van der Waals surface area (Å²) in [5.74, 6) is 0.00681. The summed E-state index contributed by atoms with van der Waals surface area (Å²) in [6, 6.07) is 5.57. The lowest BCUT2D eigenvalue weighted by molar-refractivity contribution is 0.148. The van der Waals surface area contributed by atoms with Crippen LogP contribution in [0.5, 0.6) is 5.75 Å². The third-order valence-corrected chi connectivity index (χ3v) is 2.89. The summed E-state index contributed by atoms with van der Waals surface area (Å²) in [5, 5.41) is 3.18. The number of hydrogen-bond donors (Lipinski definition) is 1. The lowest BCUT2D eigenvalue weighted by atomic mass is 10.2. The van der Waals surface area contributed by atoms with Crippen LogP contribution in [0.1, 0.15) is 6.42 Å². The summed E-state index contributed by atoms with van der Waals surface area (Å²) < 4.78 is 17.8. The molecular formula is C12H15FN2O2. The van der Waals surface area contributed by atoms with Gasteiger partial charge in [-0.05, 0) is 37.2 Å². The van der Waals surface area contributed by atoms with Crippen LogP contribution >= 0.6 is 0 Å². The van der Waals surface area contributed by atoms with E-state index in [1.807, 2.05) is 0 Å². The largest absolute Gasteiger partial charge is 0.415 e. The van der Waals surface area contributed by atoms with Crippen LogP contribution in [0.25, 0.3) is 0 Å². The van der Waals surface area contributed by atoms with Crippen molar-refractivity contribution in [2.24, 2.45) is 0 Å². The highest BCUT2D eigenvalue weighted by Gasteiger charge is 2.24. The number of likely N-dealkylation sites (N-methyl/N-ethyl adjacent to an activating group) is 1. The molecular weight excluding hydrogens is 223 g/mol. The van der Waals surface area contributed by atoms with E-state index < -0.39 is 6.09 Å². The van der Waals surface area contributed by atoms with E-state index in [9.17, 15) is 9.18 Å². The number of ether oxygens (including phenoxy) is 1. The number of carbonyl (C=O) groups excluding carboxylic acids is 1. The molecule has 1 heterocycles. The van der Waals surface area contributed by atoms with Crippen LogP contribution in [0.4, 0.5) is 9.18 Å². The van der Waals surface area contributed by atoms with E-state index in [0.717, 1.165) is 19.5 Å². The predicted octanol–water partition coefficient (Wildman–Crippen LogP) is 1.62. The predicted molar refractivity (Wildman–Crippen MR) is 61.5 cm³/mol. The van der Waals surface area contributed by atoms with Crippen LogP contribution in [0, 0.1) is 5.82 Å². The second-order valence-electron chi connectivity index (χ2n) is 4.08. The van der Waals surface area contributed by atoms with E-state index in [-0.39, 0.29) is 11.9 Å². The fourth-order valence-corrected chi connectivity index (χ4v) is 1.79. The molecule has 5 heteroatoms. The molecule has 0 spiro atoms. The van der Waals surface area contributed by atoms with Crippen molar-refractivity contribution < 1.29 is 13.9 Å². The molecule has 2 rings (SSSR count). The normalized spacial score (nSPS) is 19.1. The molecule has 1 fully saturated rings. The number of amides is 1. The van der Waals surface area contributed by atoms with Gasteiger partial charge in [-0.15, -0.1) is 0 Å². The summed E-state index contributed by atoms with van der Waals surface area (Å²) >= 11 is 0. The van der Waals surface area contributed by atoms with Gasteiger partial charge in [0.15, 0.2) is 0 Å². The van der Waals surface area contributed by atoms with Crippen molar-refractivity contribution in [3.8, 4) is 5.75 Å². The zero-order valence-electron chi connectivity index (χ0n) is 9.65. The number of benzene rings is 1. The van der Waals surface area contributed by atoms with Gasteiger partial charge in [0.25, 0.3) is 0 Å². The molecule has 1 aromatic rings. The van der Waals surface area contributed by atoms with Crippen molar-refractivity contribution in [1.29, 1.82) is 0 Å². The van der Waals surface area contributed by atoms with Crippen LogP contribution in [0.2, 0.25) is 0 Å². The Morgan fingerprint density at radius 3 is 2.76 bits per heavy atom. The molecule has 1 amide bonds. The first-order valence-corrected chi connectivity index (χ1v) is 5.58. The number of rotatable bonds is 2. The van der Waals surface area contributed by atoms with E-state index in [4.69, 9.17) is 4.74 Å². The molecule has 17 heavy (non-hydrogen) atoms. The molecule has 0 aromatic heterocycles. The summed E-state index contributed by atoms with van der Waals surface area (Å²) in [6.45, 7) is 1.70. The van der Waals surface area contributed by atoms with E-state index in [1.54, 1.807) is 11.9 Å². The monoisotopic (exact) mass is 238 g/mol. The number of nitrogens with one attached hydrogen (secondary N) is 1. The van der Waals surface area contributed by atoms with Crippen molar-refractivity contribution in [2.45, 2.75) is 12.5 Å². The van der Waals surface area contributed by atoms with Gasteiger partial charge in [0.2, 0.25) is 0 Å². The van der Waals surface area contributed by atoms with Gasteiger partial charge in [-0.2, -0.15) is 0 Å². The molecule has 1 aliphatic rings. The number of nitrogens with zero attached hydrogens (tertiary/aromatic N) is 1. The van der Waals surface area contributed by atoms with Gasteiger partial charge in [-0.3, -0.25) is 0 Å². The van der Waals surface area contributed by atoms with Crippen molar-refractivity contribution in [2.75, 3.05) is 20.1 Å². The Morgan fingerprint density at radius 1 is 1.47 bits per heavy atom. The maximum absolute atomic E-state index is 12.7. The topological polar surface area (TPSA) is 41.6 Å². The van der Waals surface area contributed by atoms with Crippen molar-refractivity contribution in [3.63, 3.8) is 0 Å². The van der Waals surface area contributed by atoms with Gasteiger partial charge in [-0.25, -0.2) is 9.18 Å². The Hall–Kier alpha value is -1.62. The van der Waals surface area contributed by atoms with Crippen molar-refractivity contribution in [3.05, 3.63) is 30.1 Å². The van der Waals surface area contributed by atoms with E-state index in [1.165, 1.54) is 24.3 Å². The quantitative estimate of drug-likeness (QED) is 0.851. The Labute approximate surface area is 99.4 Å². The minimum atomic E-state index is -0.412. The van der Waals surface area contributed by atoms with Gasteiger partial charge >= 0.3 is 6.09 Å². The SMILES string of the molecule is CN(C(=O)Oc1ccc(F)cc1)[C@H]1CCNC1. The number of carbonyl (C=O) groups is 1. The molecule has 1 atom stereocenters. The highest BCUT2D eigenvalue weighted by Crippen LogP contribution is 2.14. The minimum Gasteiger partial charge on any atom is -0.410 e. The molecule has 0 bridgehead atoms. The summed E-state index contributed by atoms with van der Waals surface area (Å²) in [5.41, 5.74) is 0. The first-order chi connectivity index (χ1) is 8.16. The zero-order chi connectivity index (χ0) is 12.3. The van der Waals surface area contributed by atoms with E-state index in [2.05, 4.69) is 5.32 Å². The van der Waals surface area contributed by atoms with E-state index >= 15 is 0 Å². The fraction of sp³-hybridized carbons (Fsp3) is 0.417. The van der Waals surface area contributed by atoms with Gasteiger partial charge in [0, 0.05) is 19.6 Å². The number of hydrogen-bond acceptors (Lipinski definition) is 3. The van der Waals surface area contributed by atoms with Crippen LogP contribution in [0.15, 0.2) is 24.3 Å². The highest BCUT2D eigenvalue weighted by molar-refractivity contribution is 5.70. The molecule has 1 N–H and O–H groups in total. The van der Waals surface area contributed by atoms with Gasteiger partial charge < -0.3 is 15.0 Å². The second kappa shape index (κ2) is 5.14. The lowest BCUT2D eigenvalue weighted by Crippen LogP contribution is -2.40. The molecule has 0 saturated carbocycles. The molecule has 1 saturated heterocycles. The number of halogens is 1. The Bertz CT molecular complexity index is 388. The average molecular weight is 238 g/mol. The molecule has 1 aliphatic heterocycles. The van der Waals surface area contributed by atoms with Crippen molar-refractivity contribution >= 4 is 6.09 Å². The average Bonchev–Trinajstić information content (AvgIpc) is 2.84. The second-order valence-corrected chi connectivity index (χ2v) is 4.08. The molecule has 92 valence electrons. The van der Waals surface area contributed by atoms with E-state index in [0.29, 0.717) is 5.75 Å². The summed E-state index contributed by atoms with van der Waals surface area (Å²) in [7, 11) is 1.71. The maximum atomic E-state index is 12.7. The molecule has 1 aromatic carbocycles.